The SMILES string of the molecule is CC(C)(C)c1ccc(OCCNC(=O)c2ccccc2)cc1. The molecule has 0 radical (unpaired) electrons. The van der Waals surface area contributed by atoms with Crippen LogP contribution in [0.5, 0.6) is 5.75 Å². The first-order valence-corrected chi connectivity index (χ1v) is 7.53. The number of amides is 1. The molecular weight excluding hydrogens is 274 g/mol. The van der Waals surface area contributed by atoms with Crippen LogP contribution in [0.25, 0.3) is 0 Å². The van der Waals surface area contributed by atoms with Gasteiger partial charge in [0, 0.05) is 5.56 Å². The minimum absolute atomic E-state index is 0.0766. The Morgan fingerprint density at radius 2 is 1.64 bits per heavy atom. The molecule has 2 aromatic carbocycles. The quantitative estimate of drug-likeness (QED) is 0.853. The second-order valence-electron chi connectivity index (χ2n) is 6.24. The molecule has 0 aliphatic heterocycles. The molecule has 3 heteroatoms. The minimum atomic E-state index is -0.0766. The van der Waals surface area contributed by atoms with E-state index in [1.807, 2.05) is 30.3 Å². The fraction of sp³-hybridized carbons (Fsp3) is 0.316. The summed E-state index contributed by atoms with van der Waals surface area (Å²) >= 11 is 0. The number of ether oxygens (including phenoxy) is 1. The lowest BCUT2D eigenvalue weighted by molar-refractivity contribution is 0.0947. The van der Waals surface area contributed by atoms with Crippen LogP contribution in [0, 0.1) is 0 Å². The van der Waals surface area contributed by atoms with E-state index in [1.165, 1.54) is 5.56 Å². The molecule has 2 rings (SSSR count). The summed E-state index contributed by atoms with van der Waals surface area (Å²) in [6, 6.07) is 17.3. The monoisotopic (exact) mass is 297 g/mol. The Morgan fingerprint density at radius 1 is 1.00 bits per heavy atom. The normalized spacial score (nSPS) is 11.0. The molecule has 0 aliphatic carbocycles. The predicted molar refractivity (Wildman–Crippen MR) is 89.4 cm³/mol. The highest BCUT2D eigenvalue weighted by Crippen LogP contribution is 2.24. The van der Waals surface area contributed by atoms with Crippen LogP contribution in [-0.2, 0) is 5.41 Å². The lowest BCUT2D eigenvalue weighted by Gasteiger charge is -2.19. The van der Waals surface area contributed by atoms with E-state index in [0.29, 0.717) is 18.7 Å². The summed E-state index contributed by atoms with van der Waals surface area (Å²) in [7, 11) is 0. The van der Waals surface area contributed by atoms with Crippen LogP contribution in [0.4, 0.5) is 0 Å². The number of carbonyl (C=O) groups excluding carboxylic acids is 1. The van der Waals surface area contributed by atoms with E-state index in [4.69, 9.17) is 4.74 Å². The van der Waals surface area contributed by atoms with Crippen LogP contribution in [-0.4, -0.2) is 19.1 Å². The third kappa shape index (κ3) is 4.62. The van der Waals surface area contributed by atoms with E-state index in [0.717, 1.165) is 5.75 Å². The van der Waals surface area contributed by atoms with Gasteiger partial charge in [0.25, 0.3) is 5.91 Å². The fourth-order valence-corrected chi connectivity index (χ4v) is 2.08. The Bertz CT molecular complexity index is 598. The summed E-state index contributed by atoms with van der Waals surface area (Å²) in [5.41, 5.74) is 2.08. The molecule has 0 aromatic heterocycles. The molecule has 0 atom stereocenters. The van der Waals surface area contributed by atoms with E-state index < -0.39 is 0 Å². The van der Waals surface area contributed by atoms with Crippen LogP contribution in [0.1, 0.15) is 36.7 Å². The average molecular weight is 297 g/mol. The molecule has 0 fully saturated rings. The van der Waals surface area contributed by atoms with Crippen molar-refractivity contribution in [3.63, 3.8) is 0 Å². The zero-order valence-electron chi connectivity index (χ0n) is 13.4. The van der Waals surface area contributed by atoms with E-state index >= 15 is 0 Å². The Balaban J connectivity index is 1.76. The number of hydrogen-bond acceptors (Lipinski definition) is 2. The third-order valence-electron chi connectivity index (χ3n) is 3.41. The van der Waals surface area contributed by atoms with E-state index in [1.54, 1.807) is 12.1 Å². The Labute approximate surface area is 132 Å². The maximum Gasteiger partial charge on any atom is 0.251 e. The predicted octanol–water partition coefficient (Wildman–Crippen LogP) is 3.79. The van der Waals surface area contributed by atoms with Gasteiger partial charge >= 0.3 is 0 Å². The number of carbonyl (C=O) groups is 1. The molecule has 0 heterocycles. The molecule has 0 saturated carbocycles. The van der Waals surface area contributed by atoms with Gasteiger partial charge in [-0.15, -0.1) is 0 Å². The minimum Gasteiger partial charge on any atom is -0.492 e. The van der Waals surface area contributed by atoms with E-state index in [2.05, 4.69) is 38.2 Å². The van der Waals surface area contributed by atoms with Crippen molar-refractivity contribution in [2.45, 2.75) is 26.2 Å². The van der Waals surface area contributed by atoms with Gasteiger partial charge in [-0.1, -0.05) is 51.1 Å². The second-order valence-corrected chi connectivity index (χ2v) is 6.24. The van der Waals surface area contributed by atoms with Gasteiger partial charge in [-0.2, -0.15) is 0 Å². The van der Waals surface area contributed by atoms with Crippen LogP contribution in [0.3, 0.4) is 0 Å². The van der Waals surface area contributed by atoms with Crippen LogP contribution in [0.15, 0.2) is 54.6 Å². The Morgan fingerprint density at radius 3 is 2.23 bits per heavy atom. The van der Waals surface area contributed by atoms with Crippen molar-refractivity contribution < 1.29 is 9.53 Å². The van der Waals surface area contributed by atoms with Crippen molar-refractivity contribution in [1.29, 1.82) is 0 Å². The molecule has 1 amide bonds. The Hall–Kier alpha value is -2.29. The van der Waals surface area contributed by atoms with Gasteiger partial charge in [0.1, 0.15) is 12.4 Å². The van der Waals surface area contributed by atoms with Crippen LogP contribution < -0.4 is 10.1 Å². The summed E-state index contributed by atoms with van der Waals surface area (Å²) < 4.78 is 5.65. The van der Waals surface area contributed by atoms with Gasteiger partial charge in [-0.05, 0) is 35.2 Å². The van der Waals surface area contributed by atoms with Gasteiger partial charge in [0.15, 0.2) is 0 Å². The first-order valence-electron chi connectivity index (χ1n) is 7.53. The molecule has 116 valence electrons. The van der Waals surface area contributed by atoms with Gasteiger partial charge in [0.2, 0.25) is 0 Å². The van der Waals surface area contributed by atoms with E-state index in [-0.39, 0.29) is 11.3 Å². The summed E-state index contributed by atoms with van der Waals surface area (Å²) in [6.45, 7) is 7.48. The molecule has 0 unspecified atom stereocenters. The highest BCUT2D eigenvalue weighted by Gasteiger charge is 2.12. The smallest absolute Gasteiger partial charge is 0.251 e. The molecule has 1 N–H and O–H groups in total. The van der Waals surface area contributed by atoms with Gasteiger partial charge in [-0.25, -0.2) is 0 Å². The maximum atomic E-state index is 11.8. The highest BCUT2D eigenvalue weighted by atomic mass is 16.5. The van der Waals surface area contributed by atoms with Gasteiger partial charge in [0.05, 0.1) is 6.54 Å². The number of rotatable bonds is 5. The summed E-state index contributed by atoms with van der Waals surface area (Å²) in [5.74, 6) is 0.745. The molecule has 0 bridgehead atoms. The van der Waals surface area contributed by atoms with Crippen LogP contribution in [0.2, 0.25) is 0 Å². The molecule has 0 aliphatic rings. The fourth-order valence-electron chi connectivity index (χ4n) is 2.08. The maximum absolute atomic E-state index is 11.8. The van der Waals surface area contributed by atoms with Gasteiger partial charge < -0.3 is 10.1 Å². The first kappa shape index (κ1) is 16.1. The van der Waals surface area contributed by atoms with Crippen molar-refractivity contribution in [3.05, 3.63) is 65.7 Å². The first-order chi connectivity index (χ1) is 10.5. The summed E-state index contributed by atoms with van der Waals surface area (Å²) in [6.07, 6.45) is 0. The van der Waals surface area contributed by atoms with Gasteiger partial charge in [-0.3, -0.25) is 4.79 Å². The molecule has 22 heavy (non-hydrogen) atoms. The van der Waals surface area contributed by atoms with Crippen molar-refractivity contribution in [2.24, 2.45) is 0 Å². The van der Waals surface area contributed by atoms with Crippen molar-refractivity contribution >= 4 is 5.91 Å². The lowest BCUT2D eigenvalue weighted by Crippen LogP contribution is -2.28. The number of hydrogen-bond donors (Lipinski definition) is 1. The summed E-state index contributed by atoms with van der Waals surface area (Å²) in [5, 5.41) is 2.84. The zero-order valence-corrected chi connectivity index (χ0v) is 13.4. The standard InChI is InChI=1S/C19H23NO2/c1-19(2,3)16-9-11-17(12-10-16)22-14-13-20-18(21)15-7-5-4-6-8-15/h4-12H,13-14H2,1-3H3,(H,20,21). The van der Waals surface area contributed by atoms with Crippen molar-refractivity contribution in [1.82, 2.24) is 5.32 Å². The highest BCUT2D eigenvalue weighted by molar-refractivity contribution is 5.94. The molecule has 3 nitrogen and oxygen atoms in total. The van der Waals surface area contributed by atoms with Crippen LogP contribution >= 0.6 is 0 Å². The second kappa shape index (κ2) is 7.12. The Kier molecular flexibility index (Phi) is 5.21. The molecule has 0 saturated heterocycles. The number of benzene rings is 2. The molecular formula is C19H23NO2. The topological polar surface area (TPSA) is 38.3 Å². The average Bonchev–Trinajstić information content (AvgIpc) is 2.52. The number of nitrogens with one attached hydrogen (secondary N) is 1. The van der Waals surface area contributed by atoms with E-state index in [9.17, 15) is 4.79 Å². The molecule has 2 aromatic rings. The van der Waals surface area contributed by atoms with Crippen molar-refractivity contribution in [3.8, 4) is 5.75 Å². The van der Waals surface area contributed by atoms with Crippen molar-refractivity contribution in [2.75, 3.05) is 13.2 Å². The third-order valence-corrected chi connectivity index (χ3v) is 3.41. The largest absolute Gasteiger partial charge is 0.492 e. The molecule has 0 spiro atoms. The lowest BCUT2D eigenvalue weighted by atomic mass is 9.87. The summed E-state index contributed by atoms with van der Waals surface area (Å²) in [4.78, 5) is 11.8. The zero-order chi connectivity index (χ0) is 16.0.